The van der Waals surface area contributed by atoms with Gasteiger partial charge in [-0.25, -0.2) is 0 Å². The number of hydrogen-bond donors (Lipinski definition) is 2. The van der Waals surface area contributed by atoms with Crippen LogP contribution in [0.3, 0.4) is 0 Å². The van der Waals surface area contributed by atoms with Gasteiger partial charge in [0.05, 0.1) is 36.9 Å². The summed E-state index contributed by atoms with van der Waals surface area (Å²) in [5.74, 6) is 2.25. The van der Waals surface area contributed by atoms with Crippen molar-refractivity contribution >= 4 is 23.1 Å². The molecule has 0 bridgehead atoms. The number of carbonyl (C=O) groups excluding carboxylic acids is 4. The predicted molar refractivity (Wildman–Crippen MR) is 176 cm³/mol. The molecule has 252 valence electrons. The van der Waals surface area contributed by atoms with Crippen LogP contribution in [0.15, 0.2) is 24.2 Å². The number of aliphatic hydroxyl groups is 2. The molecule has 0 heterocycles. The molecule has 0 aliphatic rings. The van der Waals surface area contributed by atoms with Crippen LogP contribution in [-0.2, 0) is 28.7 Å². The van der Waals surface area contributed by atoms with E-state index < -0.39 is 11.2 Å². The van der Waals surface area contributed by atoms with Gasteiger partial charge in [-0.15, -0.1) is 0 Å². The lowest BCUT2D eigenvalue weighted by atomic mass is 9.86. The van der Waals surface area contributed by atoms with E-state index in [2.05, 4.69) is 6.58 Å². The Morgan fingerprint density at radius 3 is 1.24 bits per heavy atom. The zero-order valence-electron chi connectivity index (χ0n) is 30.2. The standard InChI is InChI=1S/2C8H16O2.2C5H10O.2C4H8O/c1-5-8(4,10)6(2)7(3)9;1-4-7(9)6-8(3,10)5-2;2*1-4-5(2)6-3;2*1-3-4(2)5/h6,10H,5H2,1-4H3;10H,4-6H2,1-3H3;4H,1-3H3;2,4H2,1,3H3;2*3H2,1-2H3/b;;5-4-;;;. The van der Waals surface area contributed by atoms with E-state index in [-0.39, 0.29) is 29.1 Å². The quantitative estimate of drug-likeness (QED) is 0.215. The Hall–Kier alpha value is -2.32. The van der Waals surface area contributed by atoms with Crippen LogP contribution in [0.25, 0.3) is 0 Å². The maximum absolute atomic E-state index is 10.8. The minimum atomic E-state index is -0.828. The molecule has 8 heteroatoms. The van der Waals surface area contributed by atoms with Crippen molar-refractivity contribution in [3.8, 4) is 0 Å². The molecule has 0 aromatic heterocycles. The normalized spacial score (nSPS) is 13.1. The minimum Gasteiger partial charge on any atom is -0.502 e. The largest absolute Gasteiger partial charge is 0.502 e. The minimum absolute atomic E-state index is 0.0480. The van der Waals surface area contributed by atoms with E-state index in [4.69, 9.17) is 9.47 Å². The fourth-order valence-electron chi connectivity index (χ4n) is 1.68. The van der Waals surface area contributed by atoms with Crippen molar-refractivity contribution < 1.29 is 38.9 Å². The molecule has 0 rings (SSSR count). The number of carbonyl (C=O) groups is 4. The fourth-order valence-corrected chi connectivity index (χ4v) is 1.68. The third-order valence-electron chi connectivity index (χ3n) is 6.40. The van der Waals surface area contributed by atoms with E-state index >= 15 is 0 Å². The fraction of sp³-hybridized carbons (Fsp3) is 0.765. The Labute approximate surface area is 259 Å². The highest BCUT2D eigenvalue weighted by molar-refractivity contribution is 5.79. The number of Topliss-reactive ketones (excluding diaryl/α,β-unsaturated/α-hetero) is 4. The summed E-state index contributed by atoms with van der Waals surface area (Å²) in [7, 11) is 3.29. The average molecular weight is 605 g/mol. The van der Waals surface area contributed by atoms with Gasteiger partial charge < -0.3 is 29.3 Å². The predicted octanol–water partition coefficient (Wildman–Crippen LogP) is 7.97. The Morgan fingerprint density at radius 1 is 0.762 bits per heavy atom. The van der Waals surface area contributed by atoms with Gasteiger partial charge >= 0.3 is 0 Å². The summed E-state index contributed by atoms with van der Waals surface area (Å²) >= 11 is 0. The first-order valence-corrected chi connectivity index (χ1v) is 14.9. The first kappa shape index (κ1) is 52.3. The lowest BCUT2D eigenvalue weighted by molar-refractivity contribution is -0.128. The number of ketones is 4. The zero-order chi connectivity index (χ0) is 35.1. The second-order valence-corrected chi connectivity index (χ2v) is 10.3. The van der Waals surface area contributed by atoms with Gasteiger partial charge in [0.15, 0.2) is 0 Å². The highest BCUT2D eigenvalue weighted by atomic mass is 16.5. The summed E-state index contributed by atoms with van der Waals surface area (Å²) in [5.41, 5.74) is -1.61. The zero-order valence-corrected chi connectivity index (χ0v) is 30.2. The summed E-state index contributed by atoms with van der Waals surface area (Å²) in [5, 5.41) is 18.9. The van der Waals surface area contributed by atoms with Crippen LogP contribution >= 0.6 is 0 Å². The van der Waals surface area contributed by atoms with Crippen LogP contribution < -0.4 is 0 Å². The van der Waals surface area contributed by atoms with Gasteiger partial charge in [-0.2, -0.15) is 0 Å². The molecule has 3 atom stereocenters. The van der Waals surface area contributed by atoms with E-state index in [9.17, 15) is 29.4 Å². The smallest absolute Gasteiger partial charge is 0.135 e. The maximum Gasteiger partial charge on any atom is 0.135 e. The number of ether oxygens (including phenoxy) is 2. The molecular formula is C34H68O8. The Bertz CT molecular complexity index is 712. The van der Waals surface area contributed by atoms with Crippen LogP contribution in [-0.4, -0.2) is 58.8 Å². The molecule has 0 radical (unpaired) electrons. The average Bonchev–Trinajstić information content (AvgIpc) is 2.96. The Morgan fingerprint density at radius 2 is 1.14 bits per heavy atom. The molecule has 0 aliphatic carbocycles. The molecule has 0 saturated carbocycles. The number of rotatable bonds is 12. The van der Waals surface area contributed by atoms with Gasteiger partial charge in [0.25, 0.3) is 0 Å². The van der Waals surface area contributed by atoms with Crippen LogP contribution in [0.5, 0.6) is 0 Å². The van der Waals surface area contributed by atoms with E-state index in [1.54, 1.807) is 48.8 Å². The molecule has 8 nitrogen and oxygen atoms in total. The molecule has 0 aromatic rings. The van der Waals surface area contributed by atoms with E-state index in [1.807, 2.05) is 61.5 Å². The molecule has 0 aromatic carbocycles. The molecule has 0 saturated heterocycles. The number of methoxy groups -OCH3 is 2. The molecule has 0 spiro atoms. The molecule has 0 amide bonds. The van der Waals surface area contributed by atoms with Crippen molar-refractivity contribution in [3.05, 3.63) is 24.2 Å². The summed E-state index contributed by atoms with van der Waals surface area (Å²) in [4.78, 5) is 41.2. The molecule has 0 fully saturated rings. The van der Waals surface area contributed by atoms with Crippen LogP contribution in [0.1, 0.15) is 142 Å². The van der Waals surface area contributed by atoms with Crippen LogP contribution in [0, 0.1) is 5.92 Å². The molecular weight excluding hydrogens is 536 g/mol. The third-order valence-corrected chi connectivity index (χ3v) is 6.40. The first-order chi connectivity index (χ1) is 19.1. The number of allylic oxidation sites excluding steroid dienone is 3. The summed E-state index contributed by atoms with van der Waals surface area (Å²) in [6, 6.07) is 0. The third kappa shape index (κ3) is 47.5. The first-order valence-electron chi connectivity index (χ1n) is 14.9. The van der Waals surface area contributed by atoms with Crippen molar-refractivity contribution in [1.29, 1.82) is 0 Å². The number of hydrogen-bond acceptors (Lipinski definition) is 8. The maximum atomic E-state index is 10.8. The van der Waals surface area contributed by atoms with Crippen molar-refractivity contribution in [2.75, 3.05) is 14.2 Å². The Balaban J connectivity index is -0.0000000951. The molecule has 42 heavy (non-hydrogen) atoms. The van der Waals surface area contributed by atoms with E-state index in [1.165, 1.54) is 6.92 Å². The summed E-state index contributed by atoms with van der Waals surface area (Å²) < 4.78 is 9.47. The van der Waals surface area contributed by atoms with Crippen LogP contribution in [0.2, 0.25) is 0 Å². The lowest BCUT2D eigenvalue weighted by Crippen LogP contribution is -2.35. The second-order valence-electron chi connectivity index (χ2n) is 10.3. The van der Waals surface area contributed by atoms with Crippen molar-refractivity contribution in [2.24, 2.45) is 5.92 Å². The SMILES string of the molecule is C/C=C(/C)OC.C=C(CC)OC.CCC(=O)CC(C)(O)CC.CCC(C)(O)C(C)C(C)=O.CCC(C)=O.CCC(C)=O. The Kier molecular flexibility index (Phi) is 41.4. The molecule has 0 aliphatic heterocycles. The van der Waals surface area contributed by atoms with Gasteiger partial charge in [0, 0.05) is 38.0 Å². The van der Waals surface area contributed by atoms with Crippen molar-refractivity contribution in [2.45, 2.75) is 153 Å². The lowest BCUT2D eigenvalue weighted by Gasteiger charge is -2.26. The van der Waals surface area contributed by atoms with E-state index in [0.29, 0.717) is 38.5 Å². The van der Waals surface area contributed by atoms with Gasteiger partial charge in [0.2, 0.25) is 0 Å². The topological polar surface area (TPSA) is 127 Å². The summed E-state index contributed by atoms with van der Waals surface area (Å²) in [6.07, 6.45) is 6.24. The van der Waals surface area contributed by atoms with Gasteiger partial charge in [0.1, 0.15) is 23.1 Å². The highest BCUT2D eigenvalue weighted by Gasteiger charge is 2.29. The monoisotopic (exact) mass is 604 g/mol. The van der Waals surface area contributed by atoms with Crippen molar-refractivity contribution in [3.63, 3.8) is 0 Å². The highest BCUT2D eigenvalue weighted by Crippen LogP contribution is 2.20. The summed E-state index contributed by atoms with van der Waals surface area (Å²) in [6.45, 7) is 28.5. The van der Waals surface area contributed by atoms with Gasteiger partial charge in [-0.05, 0) is 61.3 Å². The second kappa shape index (κ2) is 33.2. The van der Waals surface area contributed by atoms with Crippen molar-refractivity contribution in [1.82, 2.24) is 0 Å². The molecule has 3 unspecified atom stereocenters. The molecule has 2 N–H and O–H groups in total. The van der Waals surface area contributed by atoms with Gasteiger partial charge in [-0.1, -0.05) is 61.1 Å². The van der Waals surface area contributed by atoms with Crippen LogP contribution in [0.4, 0.5) is 0 Å². The van der Waals surface area contributed by atoms with Gasteiger partial charge in [-0.3, -0.25) is 9.59 Å². The van der Waals surface area contributed by atoms with E-state index in [0.717, 1.165) is 17.9 Å².